The van der Waals surface area contributed by atoms with Crippen LogP contribution < -0.4 is 15.0 Å². The molecule has 33 heavy (non-hydrogen) atoms. The third-order valence-corrected chi connectivity index (χ3v) is 6.42. The van der Waals surface area contributed by atoms with Gasteiger partial charge in [0.1, 0.15) is 24.7 Å². The molecular weight excluding hydrogens is 432 g/mol. The van der Waals surface area contributed by atoms with Gasteiger partial charge in [-0.25, -0.2) is 13.6 Å². The highest BCUT2D eigenvalue weighted by atomic mass is 19.1. The van der Waals surface area contributed by atoms with Crippen LogP contribution in [-0.2, 0) is 0 Å². The molecule has 0 saturated carbocycles. The highest BCUT2D eigenvalue weighted by molar-refractivity contribution is 5.99. The number of fused-ring (bicyclic) bond motifs is 1. The second kappa shape index (κ2) is 9.05. The lowest BCUT2D eigenvalue weighted by molar-refractivity contribution is 0.203. The molecule has 2 saturated heterocycles. The van der Waals surface area contributed by atoms with Gasteiger partial charge in [0.25, 0.3) is 0 Å². The molecule has 0 spiro atoms. The minimum Gasteiger partial charge on any atom is -0.492 e. The van der Waals surface area contributed by atoms with Crippen LogP contribution in [-0.4, -0.2) is 97.7 Å². The van der Waals surface area contributed by atoms with Crippen molar-refractivity contribution in [2.75, 3.05) is 71.0 Å². The zero-order chi connectivity index (χ0) is 22.9. The van der Waals surface area contributed by atoms with Crippen molar-refractivity contribution in [1.82, 2.24) is 24.9 Å². The lowest BCUT2D eigenvalue weighted by atomic mass is 10.2. The van der Waals surface area contributed by atoms with Crippen LogP contribution in [0, 0.1) is 11.6 Å². The molecule has 11 heteroatoms. The van der Waals surface area contributed by atoms with Gasteiger partial charge in [0.05, 0.1) is 0 Å². The van der Waals surface area contributed by atoms with Gasteiger partial charge in [0.15, 0.2) is 17.5 Å². The number of carbonyl (C=O) groups excluding carboxylic acids is 1. The first kappa shape index (κ1) is 21.7. The van der Waals surface area contributed by atoms with E-state index in [0.29, 0.717) is 51.2 Å². The number of amides is 2. The van der Waals surface area contributed by atoms with Crippen LogP contribution in [0.15, 0.2) is 29.1 Å². The van der Waals surface area contributed by atoms with Crippen LogP contribution in [0.2, 0.25) is 0 Å². The first-order chi connectivity index (χ1) is 16.0. The second-order valence-electron chi connectivity index (χ2n) is 8.79. The average molecular weight is 462 g/mol. The third kappa shape index (κ3) is 4.54. The van der Waals surface area contributed by atoms with Gasteiger partial charge in [-0.2, -0.15) is 4.99 Å². The van der Waals surface area contributed by atoms with Crippen molar-refractivity contribution < 1.29 is 18.3 Å². The summed E-state index contributed by atoms with van der Waals surface area (Å²) in [6, 6.07) is 2.30. The average Bonchev–Trinajstić information content (AvgIpc) is 3.43. The Morgan fingerprint density at radius 2 is 1.70 bits per heavy atom. The number of rotatable bonds is 5. The van der Waals surface area contributed by atoms with Crippen LogP contribution in [0.5, 0.6) is 5.75 Å². The molecule has 0 unspecified atom stereocenters. The maximum atomic E-state index is 14.8. The van der Waals surface area contributed by atoms with Crippen LogP contribution >= 0.6 is 0 Å². The fraction of sp³-hybridized carbons (Fsp3) is 0.545. The van der Waals surface area contributed by atoms with E-state index in [1.54, 1.807) is 9.80 Å². The number of hydrogen-bond donors (Lipinski definition) is 1. The fourth-order valence-electron chi connectivity index (χ4n) is 4.68. The van der Waals surface area contributed by atoms with Crippen molar-refractivity contribution in [3.05, 3.63) is 35.8 Å². The Kier molecular flexibility index (Phi) is 5.96. The molecule has 9 nitrogen and oxygen atoms in total. The Balaban J connectivity index is 1.19. The first-order valence-electron chi connectivity index (χ1n) is 11.4. The van der Waals surface area contributed by atoms with E-state index >= 15 is 0 Å². The van der Waals surface area contributed by atoms with E-state index in [0.717, 1.165) is 19.6 Å². The minimum atomic E-state index is -0.627. The van der Waals surface area contributed by atoms with Gasteiger partial charge in [0.2, 0.25) is 5.96 Å². The number of carbonyl (C=O) groups is 1. The Labute approximate surface area is 191 Å². The lowest BCUT2D eigenvalue weighted by Crippen LogP contribution is -2.57. The zero-order valence-electron chi connectivity index (χ0n) is 18.8. The van der Waals surface area contributed by atoms with E-state index in [4.69, 9.17) is 4.74 Å². The monoisotopic (exact) mass is 461 g/mol. The summed E-state index contributed by atoms with van der Waals surface area (Å²) in [6.45, 7) is 5.51. The van der Waals surface area contributed by atoms with Crippen molar-refractivity contribution >= 4 is 17.7 Å². The first-order valence-corrected chi connectivity index (χ1v) is 11.4. The number of nitrogens with zero attached hydrogens (tertiary/aromatic N) is 6. The summed E-state index contributed by atoms with van der Waals surface area (Å²) in [4.78, 5) is 26.2. The minimum absolute atomic E-state index is 0.0394. The lowest BCUT2D eigenvalue weighted by Gasteiger charge is -2.39. The number of guanidine groups is 1. The van der Waals surface area contributed by atoms with Crippen molar-refractivity contribution in [2.24, 2.45) is 4.99 Å². The standard InChI is InChI=1S/C22H29F2N7O2/c1-27-14-19-25-21(26-22(32)31(19)15-27)30-8-6-29(7-9-30)20-17(23)12-16(13-18(20)24)33-11-10-28-4-2-3-5-28/h12-14H,2-11,15H2,1H3,(H,25,26,32). The molecule has 178 valence electrons. The highest BCUT2D eigenvalue weighted by Crippen LogP contribution is 2.29. The zero-order valence-corrected chi connectivity index (χ0v) is 18.8. The molecule has 4 aliphatic heterocycles. The number of hydrogen-bond acceptors (Lipinski definition) is 7. The third-order valence-electron chi connectivity index (χ3n) is 6.42. The van der Waals surface area contributed by atoms with Crippen molar-refractivity contribution in [3.8, 4) is 5.75 Å². The number of piperazine rings is 1. The summed E-state index contributed by atoms with van der Waals surface area (Å²) in [7, 11) is 1.87. The summed E-state index contributed by atoms with van der Waals surface area (Å²) in [5.74, 6) is 0.0249. The van der Waals surface area contributed by atoms with Gasteiger partial charge in [-0.05, 0) is 25.9 Å². The maximum absolute atomic E-state index is 14.8. The quantitative estimate of drug-likeness (QED) is 0.720. The van der Waals surface area contributed by atoms with Crippen molar-refractivity contribution in [2.45, 2.75) is 12.8 Å². The predicted molar refractivity (Wildman–Crippen MR) is 120 cm³/mol. The number of aliphatic imine (C=N–C) groups is 1. The Morgan fingerprint density at radius 1 is 1.03 bits per heavy atom. The van der Waals surface area contributed by atoms with E-state index in [9.17, 15) is 13.6 Å². The number of benzene rings is 1. The molecule has 4 aliphatic rings. The van der Waals surface area contributed by atoms with Gasteiger partial charge >= 0.3 is 6.03 Å². The summed E-state index contributed by atoms with van der Waals surface area (Å²) in [6.07, 6.45) is 4.20. The van der Waals surface area contributed by atoms with Gasteiger partial charge < -0.3 is 19.4 Å². The summed E-state index contributed by atoms with van der Waals surface area (Å²) >= 11 is 0. The Morgan fingerprint density at radius 3 is 2.39 bits per heavy atom. The summed E-state index contributed by atoms with van der Waals surface area (Å²) in [5, 5.41) is 2.81. The van der Waals surface area contributed by atoms with Gasteiger partial charge in [-0.15, -0.1) is 0 Å². The van der Waals surface area contributed by atoms with Crippen molar-refractivity contribution in [3.63, 3.8) is 0 Å². The van der Waals surface area contributed by atoms with Gasteiger partial charge in [-0.3, -0.25) is 15.1 Å². The molecule has 5 rings (SSSR count). The molecule has 0 atom stereocenters. The Hall–Kier alpha value is -3.08. The molecule has 1 aromatic carbocycles. The number of anilines is 1. The molecule has 1 aromatic rings. The molecular formula is C22H29F2N7O2. The number of ether oxygens (including phenoxy) is 1. The highest BCUT2D eigenvalue weighted by Gasteiger charge is 2.33. The Bertz CT molecular complexity index is 948. The maximum Gasteiger partial charge on any atom is 0.331 e. The van der Waals surface area contributed by atoms with E-state index in [1.165, 1.54) is 25.0 Å². The predicted octanol–water partition coefficient (Wildman–Crippen LogP) is 1.64. The molecule has 1 N–H and O–H groups in total. The second-order valence-corrected chi connectivity index (χ2v) is 8.79. The van der Waals surface area contributed by atoms with E-state index < -0.39 is 11.6 Å². The van der Waals surface area contributed by atoms with E-state index in [1.807, 2.05) is 23.0 Å². The van der Waals surface area contributed by atoms with E-state index in [-0.39, 0.29) is 17.5 Å². The number of nitrogens with one attached hydrogen (secondary N) is 1. The van der Waals surface area contributed by atoms with Crippen LogP contribution in [0.3, 0.4) is 0 Å². The number of halogens is 2. The topological polar surface area (TPSA) is 66.9 Å². The molecule has 4 heterocycles. The largest absolute Gasteiger partial charge is 0.492 e. The molecule has 0 radical (unpaired) electrons. The number of urea groups is 1. The van der Waals surface area contributed by atoms with Crippen LogP contribution in [0.4, 0.5) is 19.3 Å². The summed E-state index contributed by atoms with van der Waals surface area (Å²) < 4.78 is 35.3. The van der Waals surface area contributed by atoms with Crippen LogP contribution in [0.25, 0.3) is 0 Å². The molecule has 2 amide bonds. The van der Waals surface area contributed by atoms with Crippen molar-refractivity contribution in [1.29, 1.82) is 0 Å². The fourth-order valence-corrected chi connectivity index (χ4v) is 4.68. The van der Waals surface area contributed by atoms with Gasteiger partial charge in [0, 0.05) is 58.1 Å². The molecule has 0 aliphatic carbocycles. The smallest absolute Gasteiger partial charge is 0.331 e. The molecule has 0 bridgehead atoms. The normalized spacial score (nSPS) is 21.2. The van der Waals surface area contributed by atoms with Gasteiger partial charge in [-0.1, -0.05) is 0 Å². The SMILES string of the molecule is CN1C=C2N=C(N3CCN(c4c(F)cc(OCCN5CCCC5)cc4F)CC3)NC(=O)N2C1. The molecule has 2 fully saturated rings. The molecule has 0 aromatic heterocycles. The van der Waals surface area contributed by atoms with E-state index in [2.05, 4.69) is 15.2 Å². The summed E-state index contributed by atoms with van der Waals surface area (Å²) in [5.41, 5.74) is -0.0394. The van der Waals surface area contributed by atoms with Crippen LogP contribution in [0.1, 0.15) is 12.8 Å². The number of likely N-dealkylation sites (tertiary alicyclic amines) is 1.